The molecule has 130 valence electrons. The van der Waals surface area contributed by atoms with Crippen molar-refractivity contribution in [2.24, 2.45) is 0 Å². The number of aromatic nitrogens is 2. The third kappa shape index (κ3) is 3.69. The first-order valence-electron chi connectivity index (χ1n) is 8.07. The topological polar surface area (TPSA) is 67.0 Å². The van der Waals surface area contributed by atoms with Crippen LogP contribution in [-0.4, -0.2) is 29.0 Å². The zero-order valence-electron chi connectivity index (χ0n) is 14.1. The first-order chi connectivity index (χ1) is 12.1. The highest BCUT2D eigenvalue weighted by atomic mass is 19.1. The Bertz CT molecular complexity index is 878. The standard InChI is InChI=1S/C19H20FN3O2/c1-12(18(25-2)15-6-3-4-8-16(15)20)23-17(24)10-13-11-22-19-14(13)7-5-9-21-19/h3-9,11-12,18H,10H2,1-2H3,(H,21,22)(H,23,24). The van der Waals surface area contributed by atoms with E-state index < -0.39 is 6.10 Å². The van der Waals surface area contributed by atoms with E-state index in [9.17, 15) is 9.18 Å². The molecule has 3 rings (SSSR count). The zero-order chi connectivity index (χ0) is 17.8. The van der Waals surface area contributed by atoms with Crippen LogP contribution >= 0.6 is 0 Å². The number of halogens is 1. The second-order valence-corrected chi connectivity index (χ2v) is 5.92. The molecule has 0 fully saturated rings. The lowest BCUT2D eigenvalue weighted by Gasteiger charge is -2.24. The molecule has 3 aromatic rings. The van der Waals surface area contributed by atoms with Crippen LogP contribution in [0, 0.1) is 5.82 Å². The predicted octanol–water partition coefficient (Wildman–Crippen LogP) is 3.14. The number of H-pyrrole nitrogens is 1. The van der Waals surface area contributed by atoms with E-state index in [2.05, 4.69) is 15.3 Å². The highest BCUT2D eigenvalue weighted by Crippen LogP contribution is 2.23. The Hall–Kier alpha value is -2.73. The average Bonchev–Trinajstić information content (AvgIpc) is 3.00. The van der Waals surface area contributed by atoms with E-state index in [-0.39, 0.29) is 24.2 Å². The summed E-state index contributed by atoms with van der Waals surface area (Å²) < 4.78 is 19.4. The molecule has 2 unspecified atom stereocenters. The molecule has 0 radical (unpaired) electrons. The molecule has 0 aliphatic heterocycles. The fourth-order valence-electron chi connectivity index (χ4n) is 3.02. The lowest BCUT2D eigenvalue weighted by Crippen LogP contribution is -2.38. The molecule has 2 atom stereocenters. The van der Waals surface area contributed by atoms with Crippen LogP contribution < -0.4 is 5.32 Å². The Morgan fingerprint density at radius 2 is 2.12 bits per heavy atom. The van der Waals surface area contributed by atoms with Crippen molar-refractivity contribution in [2.45, 2.75) is 25.5 Å². The molecule has 2 N–H and O–H groups in total. The van der Waals surface area contributed by atoms with E-state index in [1.54, 1.807) is 37.5 Å². The van der Waals surface area contributed by atoms with E-state index in [1.165, 1.54) is 13.2 Å². The summed E-state index contributed by atoms with van der Waals surface area (Å²) in [6.07, 6.45) is 3.13. The lowest BCUT2D eigenvalue weighted by atomic mass is 10.0. The van der Waals surface area contributed by atoms with Gasteiger partial charge in [0.25, 0.3) is 0 Å². The summed E-state index contributed by atoms with van der Waals surface area (Å²) in [5.74, 6) is -0.506. The molecule has 0 saturated heterocycles. The monoisotopic (exact) mass is 341 g/mol. The van der Waals surface area contributed by atoms with Crippen molar-refractivity contribution < 1.29 is 13.9 Å². The molecule has 0 spiro atoms. The molecule has 0 bridgehead atoms. The van der Waals surface area contributed by atoms with Crippen LogP contribution in [0.3, 0.4) is 0 Å². The fraction of sp³-hybridized carbons (Fsp3) is 0.263. The Labute approximate surface area is 145 Å². The Morgan fingerprint density at radius 3 is 2.88 bits per heavy atom. The SMILES string of the molecule is COC(c1ccccc1F)C(C)NC(=O)Cc1c[nH]c2ncccc12. The molecule has 2 heterocycles. The van der Waals surface area contributed by atoms with Gasteiger partial charge in [-0.3, -0.25) is 4.79 Å². The van der Waals surface area contributed by atoms with Crippen LogP contribution in [0.25, 0.3) is 11.0 Å². The van der Waals surface area contributed by atoms with Crippen molar-refractivity contribution in [3.63, 3.8) is 0 Å². The normalized spacial score (nSPS) is 13.6. The Morgan fingerprint density at radius 1 is 1.32 bits per heavy atom. The summed E-state index contributed by atoms with van der Waals surface area (Å²) in [5.41, 5.74) is 2.04. The van der Waals surface area contributed by atoms with Crippen LogP contribution in [0.4, 0.5) is 4.39 Å². The van der Waals surface area contributed by atoms with Gasteiger partial charge < -0.3 is 15.0 Å². The molecule has 5 nitrogen and oxygen atoms in total. The average molecular weight is 341 g/mol. The minimum Gasteiger partial charge on any atom is -0.375 e. The second kappa shape index (κ2) is 7.44. The van der Waals surface area contributed by atoms with Gasteiger partial charge in [0.05, 0.1) is 12.5 Å². The maximum Gasteiger partial charge on any atom is 0.224 e. The summed E-state index contributed by atoms with van der Waals surface area (Å²) in [6.45, 7) is 1.80. The van der Waals surface area contributed by atoms with Crippen LogP contribution in [0.15, 0.2) is 48.8 Å². The summed E-state index contributed by atoms with van der Waals surface area (Å²) >= 11 is 0. The maximum absolute atomic E-state index is 14.0. The molecule has 0 aliphatic carbocycles. The van der Waals surface area contributed by atoms with E-state index in [0.717, 1.165) is 16.6 Å². The molecule has 25 heavy (non-hydrogen) atoms. The van der Waals surface area contributed by atoms with Gasteiger partial charge >= 0.3 is 0 Å². The van der Waals surface area contributed by atoms with E-state index >= 15 is 0 Å². The van der Waals surface area contributed by atoms with Gasteiger partial charge in [-0.2, -0.15) is 0 Å². The van der Waals surface area contributed by atoms with Gasteiger partial charge in [0.15, 0.2) is 0 Å². The first kappa shape index (κ1) is 17.1. The van der Waals surface area contributed by atoms with E-state index in [1.807, 2.05) is 12.1 Å². The number of nitrogens with one attached hydrogen (secondary N) is 2. The fourth-order valence-corrected chi connectivity index (χ4v) is 3.02. The van der Waals surface area contributed by atoms with Crippen molar-refractivity contribution in [3.05, 3.63) is 65.7 Å². The summed E-state index contributed by atoms with van der Waals surface area (Å²) in [5, 5.41) is 3.81. The minimum atomic E-state index is -0.560. The summed E-state index contributed by atoms with van der Waals surface area (Å²) in [7, 11) is 1.51. The number of hydrogen-bond donors (Lipinski definition) is 2. The lowest BCUT2D eigenvalue weighted by molar-refractivity contribution is -0.122. The zero-order valence-corrected chi connectivity index (χ0v) is 14.1. The van der Waals surface area contributed by atoms with Crippen LogP contribution in [0.1, 0.15) is 24.2 Å². The molecule has 6 heteroatoms. The third-order valence-electron chi connectivity index (χ3n) is 4.20. The van der Waals surface area contributed by atoms with Gasteiger partial charge in [-0.1, -0.05) is 18.2 Å². The molecular weight excluding hydrogens is 321 g/mol. The predicted molar refractivity (Wildman–Crippen MR) is 93.6 cm³/mol. The Balaban J connectivity index is 1.70. The second-order valence-electron chi connectivity index (χ2n) is 5.92. The highest BCUT2D eigenvalue weighted by molar-refractivity contribution is 5.87. The first-order valence-corrected chi connectivity index (χ1v) is 8.07. The number of carbonyl (C=O) groups is 1. The number of amides is 1. The molecule has 0 aliphatic rings. The smallest absolute Gasteiger partial charge is 0.224 e. The molecule has 1 aromatic carbocycles. The highest BCUT2D eigenvalue weighted by Gasteiger charge is 2.23. The maximum atomic E-state index is 14.0. The largest absolute Gasteiger partial charge is 0.375 e. The van der Waals surface area contributed by atoms with Crippen molar-refractivity contribution in [1.82, 2.24) is 15.3 Å². The number of nitrogens with zero attached hydrogens (tertiary/aromatic N) is 1. The van der Waals surface area contributed by atoms with Crippen molar-refractivity contribution >= 4 is 16.9 Å². The number of carbonyl (C=O) groups excluding carboxylic acids is 1. The van der Waals surface area contributed by atoms with E-state index in [4.69, 9.17) is 4.74 Å². The third-order valence-corrected chi connectivity index (χ3v) is 4.20. The molecule has 1 amide bonds. The van der Waals surface area contributed by atoms with Gasteiger partial charge in [-0.15, -0.1) is 0 Å². The quantitative estimate of drug-likeness (QED) is 0.724. The van der Waals surface area contributed by atoms with Gasteiger partial charge in [0, 0.05) is 30.5 Å². The number of hydrogen-bond acceptors (Lipinski definition) is 3. The van der Waals surface area contributed by atoms with Crippen molar-refractivity contribution in [3.8, 4) is 0 Å². The van der Waals surface area contributed by atoms with Gasteiger partial charge in [0.1, 0.15) is 17.6 Å². The number of benzene rings is 1. The number of aromatic amines is 1. The number of pyridine rings is 1. The van der Waals surface area contributed by atoms with Crippen molar-refractivity contribution in [1.29, 1.82) is 0 Å². The minimum absolute atomic E-state index is 0.157. The van der Waals surface area contributed by atoms with Gasteiger partial charge in [-0.05, 0) is 30.7 Å². The number of rotatable bonds is 6. The van der Waals surface area contributed by atoms with Crippen LogP contribution in [0.5, 0.6) is 0 Å². The number of ether oxygens (including phenoxy) is 1. The van der Waals surface area contributed by atoms with Crippen LogP contribution in [0.2, 0.25) is 0 Å². The van der Waals surface area contributed by atoms with Crippen LogP contribution in [-0.2, 0) is 16.0 Å². The molecule has 0 saturated carbocycles. The molecule has 2 aromatic heterocycles. The summed E-state index contributed by atoms with van der Waals surface area (Å²) in [4.78, 5) is 19.7. The van der Waals surface area contributed by atoms with E-state index in [0.29, 0.717) is 5.56 Å². The number of methoxy groups -OCH3 is 1. The van der Waals surface area contributed by atoms with Gasteiger partial charge in [0.2, 0.25) is 5.91 Å². The van der Waals surface area contributed by atoms with Gasteiger partial charge in [-0.25, -0.2) is 9.37 Å². The molecular formula is C19H20FN3O2. The van der Waals surface area contributed by atoms with Crippen molar-refractivity contribution in [2.75, 3.05) is 7.11 Å². The summed E-state index contributed by atoms with van der Waals surface area (Å²) in [6, 6.07) is 9.80. The Kier molecular flexibility index (Phi) is 5.09. The number of fused-ring (bicyclic) bond motifs is 1.